The number of methoxy groups -OCH3 is 1. The number of rotatable bonds is 7. The van der Waals surface area contributed by atoms with Crippen molar-refractivity contribution in [1.29, 1.82) is 0 Å². The van der Waals surface area contributed by atoms with Crippen molar-refractivity contribution < 1.29 is 4.74 Å². The van der Waals surface area contributed by atoms with E-state index >= 15 is 0 Å². The third-order valence-electron chi connectivity index (χ3n) is 3.44. The molecule has 1 aromatic carbocycles. The van der Waals surface area contributed by atoms with Gasteiger partial charge in [0.2, 0.25) is 0 Å². The Morgan fingerprint density at radius 2 is 1.90 bits per heavy atom. The molecule has 0 saturated carbocycles. The highest BCUT2D eigenvalue weighted by molar-refractivity contribution is 9.11. The van der Waals surface area contributed by atoms with E-state index in [0.717, 1.165) is 6.42 Å². The predicted octanol–water partition coefficient (Wildman–Crippen LogP) is 4.68. The van der Waals surface area contributed by atoms with Gasteiger partial charge in [-0.25, -0.2) is 0 Å². The second-order valence-corrected chi connectivity index (χ2v) is 6.63. The Balaban J connectivity index is 2.85. The number of nitrogens with one attached hydrogen (secondary N) is 1. The predicted molar refractivity (Wildman–Crippen MR) is 90.1 cm³/mol. The number of hydrogen-bond acceptors (Lipinski definition) is 2. The van der Waals surface area contributed by atoms with Gasteiger partial charge >= 0.3 is 0 Å². The van der Waals surface area contributed by atoms with Crippen molar-refractivity contribution >= 4 is 15.9 Å². The van der Waals surface area contributed by atoms with Crippen molar-refractivity contribution in [2.24, 2.45) is 5.41 Å². The lowest BCUT2D eigenvalue weighted by atomic mass is 9.84. The smallest absolute Gasteiger partial charge is 0.0657 e. The van der Waals surface area contributed by atoms with Crippen LogP contribution < -0.4 is 5.32 Å². The number of halogens is 1. The van der Waals surface area contributed by atoms with E-state index in [1.54, 1.807) is 7.11 Å². The van der Waals surface area contributed by atoms with Crippen LogP contribution in [0.2, 0.25) is 0 Å². The molecule has 0 radical (unpaired) electrons. The van der Waals surface area contributed by atoms with Crippen LogP contribution in [0.4, 0.5) is 0 Å². The molecule has 1 aromatic rings. The van der Waals surface area contributed by atoms with Gasteiger partial charge in [0.15, 0.2) is 0 Å². The fourth-order valence-corrected chi connectivity index (χ4v) is 2.41. The summed E-state index contributed by atoms with van der Waals surface area (Å²) in [7, 11) is 1.75. The molecule has 0 aromatic heterocycles. The van der Waals surface area contributed by atoms with Gasteiger partial charge in [-0.2, -0.15) is 0 Å². The second kappa shape index (κ2) is 8.60. The van der Waals surface area contributed by atoms with Crippen molar-refractivity contribution in [2.45, 2.75) is 39.3 Å². The molecule has 0 spiro atoms. The summed E-state index contributed by atoms with van der Waals surface area (Å²) in [5, 5.41) is 3.75. The minimum atomic E-state index is 0.188. The van der Waals surface area contributed by atoms with E-state index in [1.165, 1.54) is 5.56 Å². The van der Waals surface area contributed by atoms with E-state index in [4.69, 9.17) is 4.74 Å². The summed E-state index contributed by atoms with van der Waals surface area (Å²) in [6, 6.07) is 11.1. The molecule has 1 rings (SSSR count). The lowest BCUT2D eigenvalue weighted by Crippen LogP contribution is -2.43. The van der Waals surface area contributed by atoms with Gasteiger partial charge in [-0.1, -0.05) is 73.1 Å². The summed E-state index contributed by atoms with van der Waals surface area (Å²) in [6.45, 7) is 7.47. The van der Waals surface area contributed by atoms with Crippen LogP contribution >= 0.6 is 15.9 Å². The lowest BCUT2D eigenvalue weighted by Gasteiger charge is -2.34. The van der Waals surface area contributed by atoms with E-state index in [0.29, 0.717) is 12.6 Å². The first-order chi connectivity index (χ1) is 9.49. The van der Waals surface area contributed by atoms with Crippen molar-refractivity contribution in [3.05, 3.63) is 47.0 Å². The first-order valence-corrected chi connectivity index (χ1v) is 7.95. The maximum atomic E-state index is 5.39. The van der Waals surface area contributed by atoms with Crippen LogP contribution in [0.5, 0.6) is 0 Å². The Labute approximate surface area is 131 Å². The molecule has 0 aliphatic heterocycles. The summed E-state index contributed by atoms with van der Waals surface area (Å²) in [5.41, 5.74) is 1.46. The normalized spacial score (nSPS) is 15.4. The van der Waals surface area contributed by atoms with Crippen LogP contribution in [0.3, 0.4) is 0 Å². The Morgan fingerprint density at radius 3 is 2.40 bits per heavy atom. The molecule has 2 atom stereocenters. The zero-order valence-corrected chi connectivity index (χ0v) is 14.5. The van der Waals surface area contributed by atoms with E-state index in [-0.39, 0.29) is 11.5 Å². The first-order valence-electron chi connectivity index (χ1n) is 7.04. The summed E-state index contributed by atoms with van der Waals surface area (Å²) in [4.78, 5) is 1.93. The molecule has 0 bridgehead atoms. The fourth-order valence-electron chi connectivity index (χ4n) is 2.19. The lowest BCUT2D eigenvalue weighted by molar-refractivity contribution is 0.144. The van der Waals surface area contributed by atoms with Gasteiger partial charge in [-0.05, 0) is 22.4 Å². The van der Waals surface area contributed by atoms with Gasteiger partial charge < -0.3 is 10.1 Å². The fraction of sp³-hybridized carbons (Fsp3) is 0.529. The molecule has 0 unspecified atom stereocenters. The summed E-state index contributed by atoms with van der Waals surface area (Å²) >= 11 is 3.35. The molecule has 2 nitrogen and oxygen atoms in total. The number of ether oxygens (including phenoxy) is 1. The van der Waals surface area contributed by atoms with Gasteiger partial charge in [-0.3, -0.25) is 0 Å². The van der Waals surface area contributed by atoms with Crippen molar-refractivity contribution in [1.82, 2.24) is 5.32 Å². The maximum Gasteiger partial charge on any atom is 0.0657 e. The Kier molecular flexibility index (Phi) is 7.49. The highest BCUT2D eigenvalue weighted by Crippen LogP contribution is 2.26. The van der Waals surface area contributed by atoms with E-state index in [2.05, 4.69) is 72.4 Å². The molecule has 1 N–H and O–H groups in total. The molecular formula is C17H26BrNO. The average molecular weight is 340 g/mol. The zero-order chi connectivity index (χ0) is 15.0. The SMILES string of the molecule is COC[C@H](N[C@H](C/C=C\Br)C(C)(C)C)c1ccccc1. The van der Waals surface area contributed by atoms with Gasteiger partial charge in [0, 0.05) is 13.2 Å². The number of benzene rings is 1. The van der Waals surface area contributed by atoms with Crippen LogP contribution in [0, 0.1) is 5.41 Å². The summed E-state index contributed by atoms with van der Waals surface area (Å²) in [5.74, 6) is 0. The maximum absolute atomic E-state index is 5.39. The molecule has 0 aliphatic rings. The third-order valence-corrected chi connectivity index (χ3v) is 3.82. The van der Waals surface area contributed by atoms with Gasteiger partial charge in [-0.15, -0.1) is 0 Å². The quantitative estimate of drug-likeness (QED) is 0.778. The van der Waals surface area contributed by atoms with Crippen LogP contribution in [-0.2, 0) is 4.74 Å². The van der Waals surface area contributed by atoms with Crippen LogP contribution in [0.25, 0.3) is 0 Å². The molecule has 112 valence electrons. The van der Waals surface area contributed by atoms with Gasteiger partial charge in [0.25, 0.3) is 0 Å². The standard InChI is InChI=1S/C17H26BrNO/c1-17(2,3)16(11-8-12-18)19-15(13-20-4)14-9-6-5-7-10-14/h5-10,12,15-16,19H,11,13H2,1-4H3/b12-8-/t15-,16+/m0/s1. The van der Waals surface area contributed by atoms with E-state index in [1.807, 2.05) is 11.1 Å². The number of hydrogen-bond donors (Lipinski definition) is 1. The largest absolute Gasteiger partial charge is 0.383 e. The monoisotopic (exact) mass is 339 g/mol. The van der Waals surface area contributed by atoms with Crippen LogP contribution in [0.15, 0.2) is 41.4 Å². The zero-order valence-electron chi connectivity index (χ0n) is 12.9. The third kappa shape index (κ3) is 5.78. The minimum absolute atomic E-state index is 0.188. The van der Waals surface area contributed by atoms with E-state index in [9.17, 15) is 0 Å². The molecule has 20 heavy (non-hydrogen) atoms. The molecule has 0 aliphatic carbocycles. The Bertz CT molecular complexity index is 397. The summed E-state index contributed by atoms with van der Waals surface area (Å²) in [6.07, 6.45) is 3.14. The first kappa shape index (κ1) is 17.4. The van der Waals surface area contributed by atoms with Gasteiger partial charge in [0.05, 0.1) is 12.6 Å². The average Bonchev–Trinajstić information content (AvgIpc) is 2.42. The second-order valence-electron chi connectivity index (χ2n) is 6.10. The van der Waals surface area contributed by atoms with Crippen molar-refractivity contribution in [2.75, 3.05) is 13.7 Å². The topological polar surface area (TPSA) is 21.3 Å². The molecule has 0 saturated heterocycles. The Hall–Kier alpha value is -0.640. The van der Waals surface area contributed by atoms with Crippen molar-refractivity contribution in [3.63, 3.8) is 0 Å². The van der Waals surface area contributed by atoms with E-state index < -0.39 is 0 Å². The highest BCUT2D eigenvalue weighted by Gasteiger charge is 2.26. The minimum Gasteiger partial charge on any atom is -0.383 e. The molecule has 0 heterocycles. The highest BCUT2D eigenvalue weighted by atomic mass is 79.9. The van der Waals surface area contributed by atoms with Crippen molar-refractivity contribution in [3.8, 4) is 0 Å². The molecule has 0 fully saturated rings. The molecular weight excluding hydrogens is 314 g/mol. The summed E-state index contributed by atoms with van der Waals surface area (Å²) < 4.78 is 5.39. The Morgan fingerprint density at radius 1 is 1.25 bits per heavy atom. The van der Waals surface area contributed by atoms with Crippen LogP contribution in [-0.4, -0.2) is 19.8 Å². The van der Waals surface area contributed by atoms with Crippen LogP contribution in [0.1, 0.15) is 38.8 Å². The molecule has 0 amide bonds. The van der Waals surface area contributed by atoms with Gasteiger partial charge in [0.1, 0.15) is 0 Å². The molecule has 3 heteroatoms.